The van der Waals surface area contributed by atoms with Gasteiger partial charge in [0, 0.05) is 30.9 Å². The Bertz CT molecular complexity index is 694. The van der Waals surface area contributed by atoms with Crippen molar-refractivity contribution in [2.45, 2.75) is 56.7 Å². The van der Waals surface area contributed by atoms with E-state index in [1.807, 2.05) is 12.1 Å². The van der Waals surface area contributed by atoms with Crippen LogP contribution in [0.25, 0.3) is 0 Å². The normalized spacial score (nSPS) is 23.2. The lowest BCUT2D eigenvalue weighted by Crippen LogP contribution is -2.40. The van der Waals surface area contributed by atoms with Crippen LogP contribution in [0.4, 0.5) is 5.69 Å². The maximum Gasteiger partial charge on any atom is 0.0599 e. The number of likely N-dealkylation sites (tertiary alicyclic amines) is 1. The van der Waals surface area contributed by atoms with Crippen molar-refractivity contribution in [1.29, 1.82) is 0 Å². The Balaban J connectivity index is 1.50. The van der Waals surface area contributed by atoms with Crippen molar-refractivity contribution in [1.82, 2.24) is 10.2 Å². The lowest BCUT2D eigenvalue weighted by molar-refractivity contribution is 0.186. The fourth-order valence-electron chi connectivity index (χ4n) is 4.72. The molecule has 4 rings (SSSR count). The van der Waals surface area contributed by atoms with Crippen molar-refractivity contribution in [3.63, 3.8) is 0 Å². The SMILES string of the molecule is Nc1ccccc1C(NC1CCN(C2CCCCC2)C1)c1ccccc1. The highest BCUT2D eigenvalue weighted by Crippen LogP contribution is 2.30. The Morgan fingerprint density at radius 1 is 0.885 bits per heavy atom. The average molecular weight is 350 g/mol. The van der Waals surface area contributed by atoms with E-state index in [2.05, 4.69) is 52.7 Å². The summed E-state index contributed by atoms with van der Waals surface area (Å²) in [6, 6.07) is 20.5. The van der Waals surface area contributed by atoms with E-state index in [1.54, 1.807) is 0 Å². The summed E-state index contributed by atoms with van der Waals surface area (Å²) < 4.78 is 0. The minimum atomic E-state index is 0.161. The third kappa shape index (κ3) is 3.94. The molecule has 0 bridgehead atoms. The van der Waals surface area contributed by atoms with E-state index in [0.29, 0.717) is 6.04 Å². The molecule has 3 N–H and O–H groups in total. The van der Waals surface area contributed by atoms with E-state index in [1.165, 1.54) is 62.7 Å². The summed E-state index contributed by atoms with van der Waals surface area (Å²) in [6.45, 7) is 2.40. The second-order valence-electron chi connectivity index (χ2n) is 7.91. The van der Waals surface area contributed by atoms with Gasteiger partial charge in [0.2, 0.25) is 0 Å². The quantitative estimate of drug-likeness (QED) is 0.788. The number of nitrogens with one attached hydrogen (secondary N) is 1. The third-order valence-electron chi connectivity index (χ3n) is 6.15. The summed E-state index contributed by atoms with van der Waals surface area (Å²) in [7, 11) is 0. The van der Waals surface area contributed by atoms with Crippen molar-refractivity contribution < 1.29 is 0 Å². The van der Waals surface area contributed by atoms with Crippen molar-refractivity contribution in [2.75, 3.05) is 18.8 Å². The first-order valence-corrected chi connectivity index (χ1v) is 10.2. The first-order valence-electron chi connectivity index (χ1n) is 10.2. The second-order valence-corrected chi connectivity index (χ2v) is 7.91. The zero-order chi connectivity index (χ0) is 17.8. The summed E-state index contributed by atoms with van der Waals surface area (Å²) in [5.74, 6) is 0. The second kappa shape index (κ2) is 8.24. The van der Waals surface area contributed by atoms with Gasteiger partial charge in [0.15, 0.2) is 0 Å². The highest BCUT2D eigenvalue weighted by molar-refractivity contribution is 5.51. The van der Waals surface area contributed by atoms with Crippen LogP contribution in [0.5, 0.6) is 0 Å². The topological polar surface area (TPSA) is 41.3 Å². The average Bonchev–Trinajstić information content (AvgIpc) is 3.17. The number of hydrogen-bond donors (Lipinski definition) is 2. The van der Waals surface area contributed by atoms with Crippen LogP contribution in [0, 0.1) is 0 Å². The van der Waals surface area contributed by atoms with E-state index < -0.39 is 0 Å². The van der Waals surface area contributed by atoms with Gasteiger partial charge < -0.3 is 11.1 Å². The molecule has 2 atom stereocenters. The minimum absolute atomic E-state index is 0.161. The van der Waals surface area contributed by atoms with Crippen molar-refractivity contribution >= 4 is 5.69 Å². The van der Waals surface area contributed by atoms with E-state index in [-0.39, 0.29) is 6.04 Å². The Kier molecular flexibility index (Phi) is 5.57. The molecule has 1 saturated carbocycles. The van der Waals surface area contributed by atoms with E-state index >= 15 is 0 Å². The van der Waals surface area contributed by atoms with Crippen LogP contribution in [0.1, 0.15) is 55.7 Å². The first kappa shape index (κ1) is 17.6. The zero-order valence-electron chi connectivity index (χ0n) is 15.6. The number of benzene rings is 2. The molecule has 2 unspecified atom stereocenters. The molecule has 1 saturated heterocycles. The van der Waals surface area contributed by atoms with Gasteiger partial charge in [-0.15, -0.1) is 0 Å². The molecule has 0 spiro atoms. The van der Waals surface area contributed by atoms with Gasteiger partial charge in [-0.05, 0) is 36.5 Å². The highest BCUT2D eigenvalue weighted by atomic mass is 15.2. The van der Waals surface area contributed by atoms with Gasteiger partial charge in [0.1, 0.15) is 0 Å². The summed E-state index contributed by atoms with van der Waals surface area (Å²) in [6.07, 6.45) is 8.25. The molecule has 26 heavy (non-hydrogen) atoms. The third-order valence-corrected chi connectivity index (χ3v) is 6.15. The van der Waals surface area contributed by atoms with Gasteiger partial charge >= 0.3 is 0 Å². The molecule has 0 aromatic heterocycles. The molecule has 138 valence electrons. The molecule has 1 aliphatic heterocycles. The first-order chi connectivity index (χ1) is 12.8. The number of nitrogen functional groups attached to an aromatic ring is 1. The molecule has 0 radical (unpaired) electrons. The lowest BCUT2D eigenvalue weighted by atomic mass is 9.94. The summed E-state index contributed by atoms with van der Waals surface area (Å²) in [5.41, 5.74) is 9.68. The molecular formula is C23H31N3. The van der Waals surface area contributed by atoms with E-state index in [0.717, 1.165) is 11.7 Å². The van der Waals surface area contributed by atoms with E-state index in [4.69, 9.17) is 5.73 Å². The summed E-state index contributed by atoms with van der Waals surface area (Å²) >= 11 is 0. The van der Waals surface area contributed by atoms with Crippen LogP contribution in [0.3, 0.4) is 0 Å². The fourth-order valence-corrected chi connectivity index (χ4v) is 4.72. The van der Waals surface area contributed by atoms with Crippen molar-refractivity contribution in [3.05, 3.63) is 65.7 Å². The monoisotopic (exact) mass is 349 g/mol. The maximum atomic E-state index is 6.33. The smallest absolute Gasteiger partial charge is 0.0599 e. The predicted molar refractivity (Wildman–Crippen MR) is 109 cm³/mol. The number of nitrogens with two attached hydrogens (primary N) is 1. The Morgan fingerprint density at radius 2 is 1.62 bits per heavy atom. The number of para-hydroxylation sites is 1. The fraction of sp³-hybridized carbons (Fsp3) is 0.478. The van der Waals surface area contributed by atoms with Crippen LogP contribution in [0.15, 0.2) is 54.6 Å². The molecule has 3 nitrogen and oxygen atoms in total. The molecular weight excluding hydrogens is 318 g/mol. The van der Waals surface area contributed by atoms with Crippen LogP contribution >= 0.6 is 0 Å². The van der Waals surface area contributed by atoms with Crippen molar-refractivity contribution in [2.24, 2.45) is 0 Å². The number of anilines is 1. The van der Waals surface area contributed by atoms with Crippen LogP contribution in [-0.2, 0) is 0 Å². The standard InChI is InChI=1S/C23H31N3/c24-22-14-8-7-13-21(22)23(18-9-3-1-4-10-18)25-19-15-16-26(17-19)20-11-5-2-6-12-20/h1,3-4,7-10,13-14,19-20,23,25H,2,5-6,11-12,15-17,24H2. The maximum absolute atomic E-state index is 6.33. The van der Waals surface area contributed by atoms with Gasteiger partial charge in [-0.25, -0.2) is 0 Å². The summed E-state index contributed by atoms with van der Waals surface area (Å²) in [4.78, 5) is 2.73. The van der Waals surface area contributed by atoms with Gasteiger partial charge in [0.25, 0.3) is 0 Å². The number of nitrogens with zero attached hydrogens (tertiary/aromatic N) is 1. The van der Waals surface area contributed by atoms with Crippen LogP contribution in [-0.4, -0.2) is 30.1 Å². The molecule has 3 heteroatoms. The predicted octanol–water partition coefficient (Wildman–Crippen LogP) is 4.35. The molecule has 2 aliphatic rings. The molecule has 2 aromatic carbocycles. The van der Waals surface area contributed by atoms with Crippen molar-refractivity contribution in [3.8, 4) is 0 Å². The molecule has 1 heterocycles. The van der Waals surface area contributed by atoms with Gasteiger partial charge in [-0.1, -0.05) is 67.8 Å². The molecule has 2 aromatic rings. The largest absolute Gasteiger partial charge is 0.398 e. The molecule has 2 fully saturated rings. The molecule has 1 aliphatic carbocycles. The number of hydrogen-bond acceptors (Lipinski definition) is 3. The Hall–Kier alpha value is -1.84. The molecule has 0 amide bonds. The van der Waals surface area contributed by atoms with Crippen LogP contribution < -0.4 is 11.1 Å². The Morgan fingerprint density at radius 3 is 2.38 bits per heavy atom. The van der Waals surface area contributed by atoms with Gasteiger partial charge in [-0.3, -0.25) is 4.90 Å². The minimum Gasteiger partial charge on any atom is -0.398 e. The number of rotatable bonds is 5. The van der Waals surface area contributed by atoms with Crippen LogP contribution in [0.2, 0.25) is 0 Å². The Labute approximate surface area is 157 Å². The van der Waals surface area contributed by atoms with Gasteiger partial charge in [0.05, 0.1) is 6.04 Å². The lowest BCUT2D eigenvalue weighted by Gasteiger charge is -2.31. The van der Waals surface area contributed by atoms with Gasteiger partial charge in [-0.2, -0.15) is 0 Å². The highest BCUT2D eigenvalue weighted by Gasteiger charge is 2.31. The zero-order valence-corrected chi connectivity index (χ0v) is 15.6. The van der Waals surface area contributed by atoms with E-state index in [9.17, 15) is 0 Å². The summed E-state index contributed by atoms with van der Waals surface area (Å²) in [5, 5.41) is 3.94.